The number of nitrogens with one attached hydrogen (secondary N) is 1. The van der Waals surface area contributed by atoms with Crippen molar-refractivity contribution < 1.29 is 0 Å². The molecular formula is C14H9BrN2OS. The van der Waals surface area contributed by atoms with Crippen LogP contribution in [0.5, 0.6) is 0 Å². The van der Waals surface area contributed by atoms with Gasteiger partial charge in [-0.25, -0.2) is 4.98 Å². The molecule has 1 aromatic carbocycles. The van der Waals surface area contributed by atoms with Gasteiger partial charge in [-0.2, -0.15) is 0 Å². The zero-order chi connectivity index (χ0) is 13.2. The van der Waals surface area contributed by atoms with E-state index in [9.17, 15) is 4.79 Å². The summed E-state index contributed by atoms with van der Waals surface area (Å²) in [6, 6.07) is 11.5. The fraction of sp³-hybridized carbons (Fsp3) is 0. The molecule has 3 aromatic rings. The van der Waals surface area contributed by atoms with Crippen molar-refractivity contribution in [3.8, 4) is 0 Å². The number of para-hydroxylation sites is 2. The number of halogens is 1. The summed E-state index contributed by atoms with van der Waals surface area (Å²) >= 11 is 5.01. The van der Waals surface area contributed by atoms with Gasteiger partial charge in [-0.3, -0.25) is 4.79 Å². The van der Waals surface area contributed by atoms with Crippen molar-refractivity contribution in [2.24, 2.45) is 0 Å². The average Bonchev–Trinajstić information content (AvgIpc) is 2.82. The first kappa shape index (κ1) is 12.3. The van der Waals surface area contributed by atoms with E-state index >= 15 is 0 Å². The van der Waals surface area contributed by atoms with Gasteiger partial charge in [0.05, 0.1) is 14.8 Å². The van der Waals surface area contributed by atoms with Crippen molar-refractivity contribution in [3.63, 3.8) is 0 Å². The predicted molar refractivity (Wildman–Crippen MR) is 83.3 cm³/mol. The largest absolute Gasteiger partial charge is 0.319 e. The number of H-pyrrole nitrogens is 1. The van der Waals surface area contributed by atoms with Gasteiger partial charge in [0.1, 0.15) is 5.69 Å². The Bertz CT molecular complexity index is 819. The Balaban J connectivity index is 2.03. The van der Waals surface area contributed by atoms with E-state index in [1.165, 1.54) is 0 Å². The Morgan fingerprint density at radius 2 is 2.00 bits per heavy atom. The number of hydrogen-bond acceptors (Lipinski definition) is 3. The number of thiophene rings is 1. The first-order valence-electron chi connectivity index (χ1n) is 5.65. The van der Waals surface area contributed by atoms with Gasteiger partial charge in [-0.05, 0) is 52.3 Å². The zero-order valence-electron chi connectivity index (χ0n) is 9.76. The second-order valence-electron chi connectivity index (χ2n) is 3.94. The van der Waals surface area contributed by atoms with Gasteiger partial charge < -0.3 is 4.98 Å². The molecule has 2 aromatic heterocycles. The normalized spacial score (nSPS) is 11.4. The molecule has 0 unspecified atom stereocenters. The molecule has 3 nitrogen and oxygen atoms in total. The van der Waals surface area contributed by atoms with Crippen molar-refractivity contribution in [1.82, 2.24) is 9.97 Å². The highest BCUT2D eigenvalue weighted by Gasteiger charge is 2.01. The zero-order valence-corrected chi connectivity index (χ0v) is 12.2. The molecular weight excluding hydrogens is 324 g/mol. The summed E-state index contributed by atoms with van der Waals surface area (Å²) < 4.78 is 1.06. The number of benzene rings is 1. The van der Waals surface area contributed by atoms with Gasteiger partial charge >= 0.3 is 0 Å². The molecule has 0 amide bonds. The number of nitrogens with zero attached hydrogens (tertiary/aromatic N) is 1. The lowest BCUT2D eigenvalue weighted by Crippen LogP contribution is -2.11. The molecule has 0 aliphatic carbocycles. The van der Waals surface area contributed by atoms with Crippen molar-refractivity contribution in [2.45, 2.75) is 0 Å². The third-order valence-electron chi connectivity index (χ3n) is 2.63. The first-order chi connectivity index (χ1) is 9.22. The summed E-state index contributed by atoms with van der Waals surface area (Å²) in [5.41, 5.74) is 1.78. The highest BCUT2D eigenvalue weighted by molar-refractivity contribution is 9.11. The molecule has 0 aliphatic heterocycles. The monoisotopic (exact) mass is 332 g/mol. The van der Waals surface area contributed by atoms with Gasteiger partial charge in [0.15, 0.2) is 0 Å². The van der Waals surface area contributed by atoms with E-state index in [1.54, 1.807) is 17.4 Å². The van der Waals surface area contributed by atoms with Gasteiger partial charge in [-0.1, -0.05) is 12.1 Å². The summed E-state index contributed by atoms with van der Waals surface area (Å²) in [5, 5.41) is 0. The van der Waals surface area contributed by atoms with Crippen molar-refractivity contribution in [3.05, 3.63) is 61.1 Å². The number of aromatic amines is 1. The Morgan fingerprint density at radius 3 is 2.79 bits per heavy atom. The molecule has 3 rings (SSSR count). The Kier molecular flexibility index (Phi) is 3.31. The van der Waals surface area contributed by atoms with Crippen LogP contribution in [0, 0.1) is 0 Å². The Labute approximate surface area is 121 Å². The standard InChI is InChI=1S/C14H9BrN2OS/c15-13-8-6-9(19-13)5-7-12-14(18)17-11-4-2-1-3-10(11)16-12/h1-8H,(H,17,18)/b7-5+. The van der Waals surface area contributed by atoms with Crippen LogP contribution in [0.2, 0.25) is 0 Å². The molecule has 0 aliphatic rings. The summed E-state index contributed by atoms with van der Waals surface area (Å²) in [6.45, 7) is 0. The second kappa shape index (κ2) is 5.11. The summed E-state index contributed by atoms with van der Waals surface area (Å²) in [4.78, 5) is 20.1. The molecule has 5 heteroatoms. The minimum atomic E-state index is -0.175. The van der Waals surface area contributed by atoms with Crippen molar-refractivity contribution in [1.29, 1.82) is 0 Å². The highest BCUT2D eigenvalue weighted by Crippen LogP contribution is 2.23. The summed E-state index contributed by atoms with van der Waals surface area (Å²) in [6.07, 6.45) is 3.63. The second-order valence-corrected chi connectivity index (χ2v) is 6.44. The van der Waals surface area contributed by atoms with Crippen LogP contribution in [0.4, 0.5) is 0 Å². The molecule has 0 fully saturated rings. The van der Waals surface area contributed by atoms with Crippen molar-refractivity contribution >= 4 is 50.5 Å². The van der Waals surface area contributed by atoms with Crippen LogP contribution in [0.15, 0.2) is 45.0 Å². The molecule has 19 heavy (non-hydrogen) atoms. The van der Waals surface area contributed by atoms with Crippen LogP contribution >= 0.6 is 27.3 Å². The van der Waals surface area contributed by atoms with E-state index in [4.69, 9.17) is 0 Å². The van der Waals surface area contributed by atoms with Gasteiger partial charge in [0, 0.05) is 4.88 Å². The minimum absolute atomic E-state index is 0.175. The van der Waals surface area contributed by atoms with Crippen LogP contribution in [0.25, 0.3) is 23.2 Å². The molecule has 0 saturated heterocycles. The lowest BCUT2D eigenvalue weighted by atomic mass is 10.3. The van der Waals surface area contributed by atoms with Gasteiger partial charge in [0.2, 0.25) is 0 Å². The smallest absolute Gasteiger partial charge is 0.274 e. The van der Waals surface area contributed by atoms with E-state index in [-0.39, 0.29) is 5.56 Å². The van der Waals surface area contributed by atoms with Crippen LogP contribution < -0.4 is 5.56 Å². The van der Waals surface area contributed by atoms with E-state index < -0.39 is 0 Å². The summed E-state index contributed by atoms with van der Waals surface area (Å²) in [7, 11) is 0. The maximum absolute atomic E-state index is 11.9. The maximum atomic E-state index is 11.9. The summed E-state index contributed by atoms with van der Waals surface area (Å²) in [5.74, 6) is 0. The topological polar surface area (TPSA) is 45.8 Å². The molecule has 0 bridgehead atoms. The number of hydrogen-bond donors (Lipinski definition) is 1. The van der Waals surface area contributed by atoms with Crippen molar-refractivity contribution in [2.75, 3.05) is 0 Å². The SMILES string of the molecule is O=c1[nH]c2ccccc2nc1/C=C/c1ccc(Br)s1. The Hall–Kier alpha value is -1.72. The van der Waals surface area contributed by atoms with Crippen LogP contribution in [-0.2, 0) is 0 Å². The lowest BCUT2D eigenvalue weighted by molar-refractivity contribution is 1.19. The van der Waals surface area contributed by atoms with Gasteiger partial charge in [-0.15, -0.1) is 11.3 Å². The molecule has 0 spiro atoms. The highest BCUT2D eigenvalue weighted by atomic mass is 79.9. The van der Waals surface area contributed by atoms with Crippen LogP contribution in [0.3, 0.4) is 0 Å². The van der Waals surface area contributed by atoms with Crippen LogP contribution in [0.1, 0.15) is 10.6 Å². The van der Waals surface area contributed by atoms with Gasteiger partial charge in [0.25, 0.3) is 5.56 Å². The fourth-order valence-corrected chi connectivity index (χ4v) is 3.06. The molecule has 0 saturated carbocycles. The van der Waals surface area contributed by atoms with E-state index in [1.807, 2.05) is 42.5 Å². The maximum Gasteiger partial charge on any atom is 0.274 e. The van der Waals surface area contributed by atoms with E-state index in [0.29, 0.717) is 5.69 Å². The lowest BCUT2D eigenvalue weighted by Gasteiger charge is -1.97. The Morgan fingerprint density at radius 1 is 1.16 bits per heavy atom. The number of fused-ring (bicyclic) bond motifs is 1. The first-order valence-corrected chi connectivity index (χ1v) is 7.26. The van der Waals surface area contributed by atoms with Crippen LogP contribution in [-0.4, -0.2) is 9.97 Å². The molecule has 2 heterocycles. The molecule has 0 radical (unpaired) electrons. The fourth-order valence-electron chi connectivity index (χ4n) is 1.74. The van der Waals surface area contributed by atoms with E-state index in [0.717, 1.165) is 19.7 Å². The molecule has 1 N–H and O–H groups in total. The molecule has 0 atom stereocenters. The average molecular weight is 333 g/mol. The third kappa shape index (κ3) is 2.67. The predicted octanol–water partition coefficient (Wildman–Crippen LogP) is 3.92. The third-order valence-corrected chi connectivity index (χ3v) is 4.21. The molecule has 94 valence electrons. The van der Waals surface area contributed by atoms with E-state index in [2.05, 4.69) is 25.9 Å². The number of aromatic nitrogens is 2. The quantitative estimate of drug-likeness (QED) is 0.773. The minimum Gasteiger partial charge on any atom is -0.319 e. The number of rotatable bonds is 2.